The minimum absolute atomic E-state index is 0. The molecule has 0 saturated carbocycles. The number of nitrogen functional groups attached to an aromatic ring is 1. The number of carbonyl (C=O) groups excluding carboxylic acids is 2. The predicted octanol–water partition coefficient (Wildman–Crippen LogP) is 3.58. The van der Waals surface area contributed by atoms with Gasteiger partial charge in [0.15, 0.2) is 0 Å². The molecule has 0 aromatic heterocycles. The zero-order chi connectivity index (χ0) is 19.2. The molecule has 28 heavy (non-hydrogen) atoms. The van der Waals surface area contributed by atoms with Gasteiger partial charge in [-0.2, -0.15) is 0 Å². The number of urea groups is 1. The summed E-state index contributed by atoms with van der Waals surface area (Å²) < 4.78 is 5.17. The van der Waals surface area contributed by atoms with Gasteiger partial charge >= 0.3 is 6.03 Å². The van der Waals surface area contributed by atoms with E-state index >= 15 is 0 Å². The maximum atomic E-state index is 12.7. The molecule has 3 rings (SSSR count). The lowest BCUT2D eigenvalue weighted by molar-refractivity contribution is -0.121. The standard InChI is InChI=1S/C20H24N4O3.ClH/c1-27-16-9-10-17(21)18(12-16)23-19(25)14-6-5-11-24(13-14)20(26)22-15-7-3-2-4-8-15;/h2-4,7-10,12,14H,5-6,11,13,21H2,1H3,(H,22,26)(H,23,25);1H. The number of ether oxygens (including phenoxy) is 1. The maximum Gasteiger partial charge on any atom is 0.321 e. The molecule has 0 radical (unpaired) electrons. The van der Waals surface area contributed by atoms with Crippen LogP contribution in [0.2, 0.25) is 0 Å². The molecule has 2 aromatic carbocycles. The summed E-state index contributed by atoms with van der Waals surface area (Å²) in [5.74, 6) is 0.185. The van der Waals surface area contributed by atoms with Gasteiger partial charge in [-0.1, -0.05) is 18.2 Å². The Hall–Kier alpha value is -2.93. The van der Waals surface area contributed by atoms with E-state index in [-0.39, 0.29) is 30.3 Å². The van der Waals surface area contributed by atoms with E-state index in [9.17, 15) is 9.59 Å². The smallest absolute Gasteiger partial charge is 0.321 e. The molecule has 4 N–H and O–H groups in total. The highest BCUT2D eigenvalue weighted by molar-refractivity contribution is 5.96. The van der Waals surface area contributed by atoms with Crippen molar-refractivity contribution in [1.82, 2.24) is 4.90 Å². The lowest BCUT2D eigenvalue weighted by atomic mass is 9.97. The third-order valence-electron chi connectivity index (χ3n) is 4.62. The Bertz CT molecular complexity index is 816. The molecular weight excluding hydrogens is 380 g/mol. The minimum Gasteiger partial charge on any atom is -0.497 e. The van der Waals surface area contributed by atoms with Crippen LogP contribution in [0.3, 0.4) is 0 Å². The van der Waals surface area contributed by atoms with E-state index in [0.29, 0.717) is 30.2 Å². The number of halogens is 1. The number of nitrogens with one attached hydrogen (secondary N) is 2. The van der Waals surface area contributed by atoms with Crippen LogP contribution >= 0.6 is 12.4 Å². The Morgan fingerprint density at radius 1 is 1.14 bits per heavy atom. The quantitative estimate of drug-likeness (QED) is 0.678. The molecule has 1 aliphatic heterocycles. The number of nitrogens with two attached hydrogens (primary N) is 1. The van der Waals surface area contributed by atoms with Crippen molar-refractivity contribution in [2.75, 3.05) is 36.6 Å². The highest BCUT2D eigenvalue weighted by Crippen LogP contribution is 2.26. The summed E-state index contributed by atoms with van der Waals surface area (Å²) in [4.78, 5) is 26.8. The van der Waals surface area contributed by atoms with Gasteiger partial charge in [-0.25, -0.2) is 4.79 Å². The average molecular weight is 405 g/mol. The molecule has 1 unspecified atom stereocenters. The van der Waals surface area contributed by atoms with Crippen LogP contribution in [0.4, 0.5) is 21.9 Å². The van der Waals surface area contributed by atoms with E-state index in [0.717, 1.165) is 18.5 Å². The number of piperidine rings is 1. The second-order valence-electron chi connectivity index (χ2n) is 6.52. The summed E-state index contributed by atoms with van der Waals surface area (Å²) in [5, 5.41) is 5.73. The first kappa shape index (κ1) is 21.4. The second-order valence-corrected chi connectivity index (χ2v) is 6.52. The molecule has 1 atom stereocenters. The van der Waals surface area contributed by atoms with E-state index in [1.54, 1.807) is 30.2 Å². The number of hydrogen-bond acceptors (Lipinski definition) is 4. The van der Waals surface area contributed by atoms with Gasteiger partial charge in [0.05, 0.1) is 24.4 Å². The molecular formula is C20H25ClN4O3. The summed E-state index contributed by atoms with van der Waals surface area (Å²) in [6.45, 7) is 0.998. The van der Waals surface area contributed by atoms with Crippen molar-refractivity contribution < 1.29 is 14.3 Å². The van der Waals surface area contributed by atoms with Crippen molar-refractivity contribution in [1.29, 1.82) is 0 Å². The van der Waals surface area contributed by atoms with Gasteiger partial charge in [0.25, 0.3) is 0 Å². The fraction of sp³-hybridized carbons (Fsp3) is 0.300. The van der Waals surface area contributed by atoms with Gasteiger partial charge in [-0.3, -0.25) is 4.79 Å². The second kappa shape index (κ2) is 9.85. The van der Waals surface area contributed by atoms with Crippen LogP contribution in [0.5, 0.6) is 5.75 Å². The van der Waals surface area contributed by atoms with Crippen LogP contribution in [-0.4, -0.2) is 37.0 Å². The molecule has 0 spiro atoms. The number of hydrogen-bond donors (Lipinski definition) is 3. The normalized spacial score (nSPS) is 15.9. The number of benzene rings is 2. The van der Waals surface area contributed by atoms with Crippen LogP contribution in [0, 0.1) is 5.92 Å². The monoisotopic (exact) mass is 404 g/mol. The van der Waals surface area contributed by atoms with Crippen molar-refractivity contribution in [2.45, 2.75) is 12.8 Å². The van der Waals surface area contributed by atoms with Crippen molar-refractivity contribution in [2.24, 2.45) is 5.92 Å². The Morgan fingerprint density at radius 2 is 1.89 bits per heavy atom. The van der Waals surface area contributed by atoms with Crippen LogP contribution in [0.15, 0.2) is 48.5 Å². The summed E-state index contributed by atoms with van der Waals surface area (Å²) in [6.07, 6.45) is 1.50. The minimum atomic E-state index is -0.286. The van der Waals surface area contributed by atoms with Crippen molar-refractivity contribution >= 4 is 41.4 Å². The summed E-state index contributed by atoms with van der Waals surface area (Å²) in [7, 11) is 1.56. The van der Waals surface area contributed by atoms with Crippen LogP contribution in [-0.2, 0) is 4.79 Å². The molecule has 0 bridgehead atoms. The Morgan fingerprint density at radius 3 is 2.61 bits per heavy atom. The molecule has 7 nitrogen and oxygen atoms in total. The average Bonchev–Trinajstić information content (AvgIpc) is 2.70. The first-order chi connectivity index (χ1) is 13.1. The molecule has 2 aromatic rings. The number of amides is 3. The van der Waals surface area contributed by atoms with Gasteiger partial charge in [0, 0.05) is 24.8 Å². The van der Waals surface area contributed by atoms with Gasteiger partial charge in [-0.05, 0) is 37.1 Å². The van der Waals surface area contributed by atoms with E-state index in [4.69, 9.17) is 10.5 Å². The first-order valence-electron chi connectivity index (χ1n) is 8.92. The van der Waals surface area contributed by atoms with Crippen molar-refractivity contribution in [3.63, 3.8) is 0 Å². The highest BCUT2D eigenvalue weighted by atomic mass is 35.5. The molecule has 3 amide bonds. The fourth-order valence-electron chi connectivity index (χ4n) is 3.11. The highest BCUT2D eigenvalue weighted by Gasteiger charge is 2.28. The largest absolute Gasteiger partial charge is 0.497 e. The van der Waals surface area contributed by atoms with Crippen molar-refractivity contribution in [3.8, 4) is 5.75 Å². The number of likely N-dealkylation sites (tertiary alicyclic amines) is 1. The van der Waals surface area contributed by atoms with Crippen LogP contribution in [0.25, 0.3) is 0 Å². The van der Waals surface area contributed by atoms with Crippen LogP contribution < -0.4 is 21.1 Å². The molecule has 1 heterocycles. The summed E-state index contributed by atoms with van der Waals surface area (Å²) in [5.41, 5.74) is 7.66. The third-order valence-corrected chi connectivity index (χ3v) is 4.62. The lowest BCUT2D eigenvalue weighted by Gasteiger charge is -2.32. The van der Waals surface area contributed by atoms with Crippen molar-refractivity contribution in [3.05, 3.63) is 48.5 Å². The number of nitrogens with zero attached hydrogens (tertiary/aromatic N) is 1. The molecule has 8 heteroatoms. The topological polar surface area (TPSA) is 96.7 Å². The molecule has 1 aliphatic rings. The lowest BCUT2D eigenvalue weighted by Crippen LogP contribution is -2.45. The molecule has 1 fully saturated rings. The van der Waals surface area contributed by atoms with Gasteiger partial charge in [0.1, 0.15) is 5.75 Å². The number of methoxy groups -OCH3 is 1. The Labute approximate surface area is 170 Å². The van der Waals surface area contributed by atoms with E-state index in [2.05, 4.69) is 10.6 Å². The molecule has 150 valence electrons. The van der Waals surface area contributed by atoms with E-state index in [1.165, 1.54) is 0 Å². The van der Waals surface area contributed by atoms with E-state index in [1.807, 2.05) is 30.3 Å². The number of para-hydroxylation sites is 1. The zero-order valence-corrected chi connectivity index (χ0v) is 16.5. The van der Waals surface area contributed by atoms with Gasteiger partial charge in [0.2, 0.25) is 5.91 Å². The number of anilines is 3. The van der Waals surface area contributed by atoms with Gasteiger partial charge < -0.3 is 26.0 Å². The van der Waals surface area contributed by atoms with Gasteiger partial charge in [-0.15, -0.1) is 12.4 Å². The predicted molar refractivity (Wildman–Crippen MR) is 113 cm³/mol. The fourth-order valence-corrected chi connectivity index (χ4v) is 3.11. The zero-order valence-electron chi connectivity index (χ0n) is 15.7. The summed E-state index contributed by atoms with van der Waals surface area (Å²) in [6, 6.07) is 14.2. The van der Waals surface area contributed by atoms with Crippen LogP contribution in [0.1, 0.15) is 12.8 Å². The third kappa shape index (κ3) is 5.29. The molecule has 1 saturated heterocycles. The maximum absolute atomic E-state index is 12.7. The number of carbonyl (C=O) groups is 2. The Kier molecular flexibility index (Phi) is 7.52. The first-order valence-corrected chi connectivity index (χ1v) is 8.92. The molecule has 0 aliphatic carbocycles. The van der Waals surface area contributed by atoms with E-state index < -0.39 is 0 Å². The number of rotatable bonds is 4. The SMILES string of the molecule is COc1ccc(N)c(NC(=O)C2CCCN(C(=O)Nc3ccccc3)C2)c1.Cl. The summed E-state index contributed by atoms with van der Waals surface area (Å²) >= 11 is 0. The Balaban J connectivity index is 0.00000280.